The molecule has 0 amide bonds. The molecule has 1 aromatic carbocycles. The van der Waals surface area contributed by atoms with E-state index in [2.05, 4.69) is 42.2 Å². The Labute approximate surface area is 122 Å². The molecule has 2 rings (SSSR count). The second-order valence-corrected chi connectivity index (χ2v) is 5.22. The van der Waals surface area contributed by atoms with Crippen LogP contribution in [0.25, 0.3) is 0 Å². The lowest BCUT2D eigenvalue weighted by Gasteiger charge is -2.11. The number of aromatic nitrogens is 1. The molecule has 0 unspecified atom stereocenters. The van der Waals surface area contributed by atoms with Gasteiger partial charge in [0.2, 0.25) is 11.6 Å². The first-order valence-corrected chi connectivity index (χ1v) is 6.41. The number of anilines is 2. The van der Waals surface area contributed by atoms with Gasteiger partial charge in [0.15, 0.2) is 0 Å². The van der Waals surface area contributed by atoms with Crippen LogP contribution in [0.1, 0.15) is 0 Å². The summed E-state index contributed by atoms with van der Waals surface area (Å²) in [6, 6.07) is 4.67. The molecule has 0 spiro atoms. The first-order chi connectivity index (χ1) is 8.90. The topological polar surface area (TPSA) is 24.9 Å². The second-order valence-electron chi connectivity index (χ2n) is 3.45. The zero-order valence-corrected chi connectivity index (χ0v) is 12.1. The van der Waals surface area contributed by atoms with Crippen molar-refractivity contribution in [3.63, 3.8) is 0 Å². The Morgan fingerprint density at radius 3 is 2.05 bits per heavy atom. The van der Waals surface area contributed by atoms with Gasteiger partial charge in [-0.15, -0.1) is 0 Å². The monoisotopic (exact) mass is 398 g/mol. The molecule has 0 saturated heterocycles. The summed E-state index contributed by atoms with van der Waals surface area (Å²) in [5.41, 5.74) is -0.695. The minimum Gasteiger partial charge on any atom is -0.350 e. The van der Waals surface area contributed by atoms with Crippen LogP contribution in [0.4, 0.5) is 28.9 Å². The van der Waals surface area contributed by atoms with Crippen LogP contribution in [-0.4, -0.2) is 4.98 Å². The van der Waals surface area contributed by atoms with Gasteiger partial charge >= 0.3 is 0 Å². The Bertz CT molecular complexity index is 623. The molecular formula is C11H4Br2F4N2. The normalized spacial score (nSPS) is 10.6. The van der Waals surface area contributed by atoms with E-state index in [0.717, 1.165) is 4.47 Å². The summed E-state index contributed by atoms with van der Waals surface area (Å²) < 4.78 is 53.9. The molecular weight excluding hydrogens is 396 g/mol. The van der Waals surface area contributed by atoms with E-state index in [0.29, 0.717) is 4.47 Å². The highest BCUT2D eigenvalue weighted by Crippen LogP contribution is 2.31. The van der Waals surface area contributed by atoms with Gasteiger partial charge in [0, 0.05) is 8.95 Å². The quantitative estimate of drug-likeness (QED) is 0.573. The predicted molar refractivity (Wildman–Crippen MR) is 69.2 cm³/mol. The molecule has 100 valence electrons. The Hall–Kier alpha value is -1.15. The molecule has 19 heavy (non-hydrogen) atoms. The molecule has 8 heteroatoms. The number of rotatable bonds is 2. The van der Waals surface area contributed by atoms with Crippen LogP contribution in [-0.2, 0) is 0 Å². The lowest BCUT2D eigenvalue weighted by Crippen LogP contribution is -2.06. The van der Waals surface area contributed by atoms with Crippen molar-refractivity contribution < 1.29 is 17.6 Å². The number of hydrogen-bond donors (Lipinski definition) is 1. The standard InChI is InChI=1S/C11H4Br2F4N2/c12-4-1-2-6(5(13)3-4)18-9-7(14)10(16)19-11(17)8(9)15/h1-3H,(H,18,19). The Balaban J connectivity index is 2.49. The molecule has 2 nitrogen and oxygen atoms in total. The van der Waals surface area contributed by atoms with Crippen molar-refractivity contribution in [3.8, 4) is 0 Å². The SMILES string of the molecule is Fc1nc(F)c(F)c(Nc2ccc(Br)cc2Br)c1F. The molecule has 0 bridgehead atoms. The van der Waals surface area contributed by atoms with Gasteiger partial charge in [0.05, 0.1) is 5.69 Å². The average molecular weight is 400 g/mol. The third-order valence-electron chi connectivity index (χ3n) is 2.19. The van der Waals surface area contributed by atoms with Crippen molar-refractivity contribution in [2.75, 3.05) is 5.32 Å². The van der Waals surface area contributed by atoms with Crippen LogP contribution in [0.2, 0.25) is 0 Å². The maximum atomic E-state index is 13.4. The van der Waals surface area contributed by atoms with Gasteiger partial charge in [-0.25, -0.2) is 0 Å². The number of halogens is 6. The average Bonchev–Trinajstić information content (AvgIpc) is 2.34. The molecule has 0 aliphatic carbocycles. The smallest absolute Gasteiger partial charge is 0.253 e. The third kappa shape index (κ3) is 2.89. The second kappa shape index (κ2) is 5.46. The lowest BCUT2D eigenvalue weighted by molar-refractivity contribution is 0.411. The van der Waals surface area contributed by atoms with E-state index in [4.69, 9.17) is 0 Å². The van der Waals surface area contributed by atoms with E-state index in [1.807, 2.05) is 0 Å². The molecule has 2 aromatic rings. The summed E-state index contributed by atoms with van der Waals surface area (Å²) >= 11 is 6.35. The van der Waals surface area contributed by atoms with E-state index >= 15 is 0 Å². The van der Waals surface area contributed by atoms with Crippen LogP contribution < -0.4 is 5.32 Å². The predicted octanol–water partition coefficient (Wildman–Crippen LogP) is 4.91. The summed E-state index contributed by atoms with van der Waals surface area (Å²) in [4.78, 5) is 2.47. The summed E-state index contributed by atoms with van der Waals surface area (Å²) in [5.74, 6) is -6.60. The zero-order valence-electron chi connectivity index (χ0n) is 8.95. The van der Waals surface area contributed by atoms with Crippen LogP contribution in [0, 0.1) is 23.5 Å². The molecule has 0 radical (unpaired) electrons. The van der Waals surface area contributed by atoms with Crippen molar-refractivity contribution >= 4 is 43.2 Å². The largest absolute Gasteiger partial charge is 0.350 e. The number of nitrogens with zero attached hydrogens (tertiary/aromatic N) is 1. The number of nitrogens with one attached hydrogen (secondary N) is 1. The first kappa shape index (κ1) is 14.3. The van der Waals surface area contributed by atoms with Crippen molar-refractivity contribution in [3.05, 3.63) is 50.7 Å². The van der Waals surface area contributed by atoms with Crippen molar-refractivity contribution in [1.82, 2.24) is 4.98 Å². The van der Waals surface area contributed by atoms with Gasteiger partial charge in [-0.2, -0.15) is 22.5 Å². The fraction of sp³-hybridized carbons (Fsp3) is 0. The maximum absolute atomic E-state index is 13.4. The summed E-state index contributed by atoms with van der Waals surface area (Å²) in [6.07, 6.45) is 0. The molecule has 0 fully saturated rings. The van der Waals surface area contributed by atoms with Gasteiger partial charge in [-0.1, -0.05) is 15.9 Å². The highest BCUT2D eigenvalue weighted by Gasteiger charge is 2.21. The highest BCUT2D eigenvalue weighted by molar-refractivity contribution is 9.11. The molecule has 1 aromatic heterocycles. The van der Waals surface area contributed by atoms with Crippen LogP contribution in [0.15, 0.2) is 27.1 Å². The van der Waals surface area contributed by atoms with E-state index in [1.165, 1.54) is 6.07 Å². The third-order valence-corrected chi connectivity index (χ3v) is 3.34. The number of benzene rings is 1. The van der Waals surface area contributed by atoms with Crippen molar-refractivity contribution in [2.45, 2.75) is 0 Å². The van der Waals surface area contributed by atoms with Gasteiger partial charge in [-0.3, -0.25) is 0 Å². The van der Waals surface area contributed by atoms with Gasteiger partial charge in [0.1, 0.15) is 5.69 Å². The van der Waals surface area contributed by atoms with Crippen molar-refractivity contribution in [1.29, 1.82) is 0 Å². The van der Waals surface area contributed by atoms with E-state index < -0.39 is 29.2 Å². The van der Waals surface area contributed by atoms with Crippen LogP contribution >= 0.6 is 31.9 Å². The fourth-order valence-corrected chi connectivity index (χ4v) is 2.47. The molecule has 0 aliphatic heterocycles. The van der Waals surface area contributed by atoms with E-state index in [-0.39, 0.29) is 5.69 Å². The maximum Gasteiger partial charge on any atom is 0.253 e. The van der Waals surface area contributed by atoms with Crippen LogP contribution in [0.3, 0.4) is 0 Å². The molecule has 0 aliphatic rings. The van der Waals surface area contributed by atoms with E-state index in [9.17, 15) is 17.6 Å². The summed E-state index contributed by atoms with van der Waals surface area (Å²) in [7, 11) is 0. The summed E-state index contributed by atoms with van der Waals surface area (Å²) in [5, 5.41) is 2.28. The first-order valence-electron chi connectivity index (χ1n) is 4.82. The minimum atomic E-state index is -1.71. The number of pyridine rings is 1. The van der Waals surface area contributed by atoms with E-state index in [1.54, 1.807) is 12.1 Å². The lowest BCUT2D eigenvalue weighted by atomic mass is 10.3. The van der Waals surface area contributed by atoms with Gasteiger partial charge < -0.3 is 5.32 Å². The number of hydrogen-bond acceptors (Lipinski definition) is 2. The van der Waals surface area contributed by atoms with Gasteiger partial charge in [-0.05, 0) is 34.1 Å². The zero-order chi connectivity index (χ0) is 14.2. The minimum absolute atomic E-state index is 0.242. The molecule has 1 heterocycles. The van der Waals surface area contributed by atoms with Crippen molar-refractivity contribution in [2.24, 2.45) is 0 Å². The Morgan fingerprint density at radius 2 is 1.53 bits per heavy atom. The highest BCUT2D eigenvalue weighted by atomic mass is 79.9. The molecule has 0 atom stereocenters. The van der Waals surface area contributed by atoms with Crippen LogP contribution in [0.5, 0.6) is 0 Å². The Morgan fingerprint density at radius 1 is 0.947 bits per heavy atom. The van der Waals surface area contributed by atoms with Gasteiger partial charge in [0.25, 0.3) is 11.9 Å². The Kier molecular flexibility index (Phi) is 4.10. The molecule has 0 saturated carbocycles. The summed E-state index contributed by atoms with van der Waals surface area (Å²) in [6.45, 7) is 0. The molecule has 1 N–H and O–H groups in total. The fourth-order valence-electron chi connectivity index (χ4n) is 1.32.